The molecule has 3 atom stereocenters. The SMILES string of the molecule is CC(CN)(CC(Cc1ccccc1)S(=O)O)c1cccc(C(N)N)c1. The average Bonchev–Trinajstić information content (AvgIpc) is 2.62. The van der Waals surface area contributed by atoms with Gasteiger partial charge in [0.1, 0.15) is 0 Å². The standard InChI is InChI=1S/C19H27N3O2S/c1-19(13-20,16-9-5-8-15(11-16)18(21)22)12-17(25(23)24)10-14-6-3-2-4-7-14/h2-9,11,17-18H,10,12-13,20-22H2,1H3,(H,23,24). The summed E-state index contributed by atoms with van der Waals surface area (Å²) in [4.78, 5) is 0. The van der Waals surface area contributed by atoms with Crippen LogP contribution in [0, 0.1) is 0 Å². The smallest absolute Gasteiger partial charge is 0.156 e. The Balaban J connectivity index is 2.27. The molecule has 7 N–H and O–H groups in total. The van der Waals surface area contributed by atoms with Crippen molar-refractivity contribution < 1.29 is 8.76 Å². The van der Waals surface area contributed by atoms with Crippen molar-refractivity contribution in [2.45, 2.75) is 36.6 Å². The van der Waals surface area contributed by atoms with E-state index in [1.165, 1.54) is 0 Å². The molecule has 0 radical (unpaired) electrons. The Hall–Kier alpha value is -1.57. The second kappa shape index (κ2) is 8.69. The fraction of sp³-hybridized carbons (Fsp3) is 0.368. The molecule has 0 aliphatic carbocycles. The van der Waals surface area contributed by atoms with Crippen LogP contribution in [0.3, 0.4) is 0 Å². The number of hydrogen-bond acceptors (Lipinski definition) is 4. The topological polar surface area (TPSA) is 115 Å². The van der Waals surface area contributed by atoms with E-state index in [9.17, 15) is 8.76 Å². The largest absolute Gasteiger partial charge is 0.330 e. The summed E-state index contributed by atoms with van der Waals surface area (Å²) in [5, 5.41) is -0.411. The third-order valence-electron chi connectivity index (χ3n) is 4.69. The van der Waals surface area contributed by atoms with Crippen molar-refractivity contribution in [2.75, 3.05) is 6.54 Å². The zero-order valence-corrected chi connectivity index (χ0v) is 15.3. The zero-order chi connectivity index (χ0) is 18.4. The van der Waals surface area contributed by atoms with Crippen LogP contribution in [0.1, 0.15) is 36.2 Å². The molecule has 2 rings (SSSR count). The van der Waals surface area contributed by atoms with Crippen LogP contribution in [0.5, 0.6) is 0 Å². The van der Waals surface area contributed by atoms with Crippen molar-refractivity contribution in [3.63, 3.8) is 0 Å². The molecular weight excluding hydrogens is 334 g/mol. The molecule has 0 amide bonds. The fourth-order valence-corrected chi connectivity index (χ4v) is 3.88. The molecular formula is C19H27N3O2S. The van der Waals surface area contributed by atoms with E-state index in [1.54, 1.807) is 0 Å². The third-order valence-corrected chi connectivity index (χ3v) is 5.59. The van der Waals surface area contributed by atoms with Gasteiger partial charge in [0.05, 0.1) is 11.4 Å². The van der Waals surface area contributed by atoms with Crippen LogP contribution in [0.15, 0.2) is 54.6 Å². The molecule has 2 aromatic rings. The molecule has 25 heavy (non-hydrogen) atoms. The summed E-state index contributed by atoms with van der Waals surface area (Å²) in [6, 6.07) is 17.4. The molecule has 0 saturated carbocycles. The Labute approximate surface area is 151 Å². The van der Waals surface area contributed by atoms with Gasteiger partial charge in [0, 0.05) is 12.0 Å². The highest BCUT2D eigenvalue weighted by Gasteiger charge is 2.32. The van der Waals surface area contributed by atoms with Crippen LogP contribution in [0.25, 0.3) is 0 Å². The van der Waals surface area contributed by atoms with Crippen LogP contribution in [0.4, 0.5) is 0 Å². The Morgan fingerprint density at radius 3 is 2.36 bits per heavy atom. The number of nitrogens with two attached hydrogens (primary N) is 3. The molecule has 2 aromatic carbocycles. The first-order chi connectivity index (χ1) is 11.9. The van der Waals surface area contributed by atoms with Gasteiger partial charge in [0.15, 0.2) is 11.1 Å². The zero-order valence-electron chi connectivity index (χ0n) is 14.5. The Bertz CT molecular complexity index is 709. The van der Waals surface area contributed by atoms with Gasteiger partial charge in [0.25, 0.3) is 0 Å². The molecule has 5 nitrogen and oxygen atoms in total. The van der Waals surface area contributed by atoms with Crippen LogP contribution in [-0.4, -0.2) is 20.6 Å². The van der Waals surface area contributed by atoms with E-state index < -0.39 is 27.9 Å². The highest BCUT2D eigenvalue weighted by Crippen LogP contribution is 2.31. The van der Waals surface area contributed by atoms with Crippen LogP contribution >= 0.6 is 0 Å². The normalized spacial score (nSPS) is 16.4. The average molecular weight is 362 g/mol. The molecule has 0 heterocycles. The van der Waals surface area contributed by atoms with Crippen molar-refractivity contribution in [1.82, 2.24) is 0 Å². The minimum atomic E-state index is -1.94. The summed E-state index contributed by atoms with van der Waals surface area (Å²) < 4.78 is 21.7. The van der Waals surface area contributed by atoms with Crippen LogP contribution in [-0.2, 0) is 22.9 Å². The minimum absolute atomic E-state index is 0.360. The summed E-state index contributed by atoms with van der Waals surface area (Å²) in [5.74, 6) is 0. The van der Waals surface area contributed by atoms with Gasteiger partial charge in [-0.25, -0.2) is 4.21 Å². The molecule has 6 heteroatoms. The molecule has 0 spiro atoms. The molecule has 0 bridgehead atoms. The van der Waals surface area contributed by atoms with Crippen molar-refractivity contribution >= 4 is 11.1 Å². The van der Waals surface area contributed by atoms with Crippen molar-refractivity contribution in [3.05, 3.63) is 71.3 Å². The van der Waals surface area contributed by atoms with Gasteiger partial charge in [-0.15, -0.1) is 0 Å². The second-order valence-corrected chi connectivity index (χ2v) is 7.93. The van der Waals surface area contributed by atoms with Crippen molar-refractivity contribution in [1.29, 1.82) is 0 Å². The highest BCUT2D eigenvalue weighted by molar-refractivity contribution is 7.79. The van der Waals surface area contributed by atoms with Gasteiger partial charge in [-0.1, -0.05) is 61.5 Å². The van der Waals surface area contributed by atoms with Gasteiger partial charge >= 0.3 is 0 Å². The van der Waals surface area contributed by atoms with Crippen molar-refractivity contribution in [2.24, 2.45) is 17.2 Å². The Kier molecular flexibility index (Phi) is 6.87. The second-order valence-electron chi connectivity index (χ2n) is 6.71. The third kappa shape index (κ3) is 5.20. The summed E-state index contributed by atoms with van der Waals surface area (Å²) >= 11 is -1.94. The monoisotopic (exact) mass is 361 g/mol. The molecule has 0 fully saturated rings. The summed E-state index contributed by atoms with van der Waals surface area (Å²) in [6.07, 6.45) is 0.453. The molecule has 3 unspecified atom stereocenters. The van der Waals surface area contributed by atoms with Crippen molar-refractivity contribution in [3.8, 4) is 0 Å². The Morgan fingerprint density at radius 1 is 1.12 bits per heavy atom. The summed E-state index contributed by atoms with van der Waals surface area (Å²) in [5.41, 5.74) is 20.0. The first-order valence-corrected chi connectivity index (χ1v) is 9.48. The molecule has 136 valence electrons. The van der Waals surface area contributed by atoms with Gasteiger partial charge in [-0.3, -0.25) is 0 Å². The molecule has 0 aliphatic heterocycles. The lowest BCUT2D eigenvalue weighted by Gasteiger charge is -2.32. The van der Waals surface area contributed by atoms with Crippen LogP contribution in [0.2, 0.25) is 0 Å². The fourth-order valence-electron chi connectivity index (χ4n) is 3.03. The summed E-state index contributed by atoms with van der Waals surface area (Å²) in [6.45, 7) is 2.37. The predicted octanol–water partition coefficient (Wildman–Crippen LogP) is 2.04. The first kappa shape index (κ1) is 19.8. The molecule has 0 aliphatic rings. The van der Waals surface area contributed by atoms with Gasteiger partial charge in [0.2, 0.25) is 0 Å². The van der Waals surface area contributed by atoms with E-state index >= 15 is 0 Å². The van der Waals surface area contributed by atoms with Gasteiger partial charge < -0.3 is 21.8 Å². The maximum atomic E-state index is 11.9. The van der Waals surface area contributed by atoms with E-state index in [-0.39, 0.29) is 0 Å². The van der Waals surface area contributed by atoms with E-state index in [2.05, 4.69) is 0 Å². The maximum absolute atomic E-state index is 11.9. The predicted molar refractivity (Wildman–Crippen MR) is 103 cm³/mol. The van der Waals surface area contributed by atoms with E-state index in [4.69, 9.17) is 17.2 Å². The lowest BCUT2D eigenvalue weighted by Crippen LogP contribution is -2.38. The van der Waals surface area contributed by atoms with Gasteiger partial charge in [-0.05, 0) is 29.5 Å². The quantitative estimate of drug-likeness (QED) is 0.424. The van der Waals surface area contributed by atoms with Crippen LogP contribution < -0.4 is 17.2 Å². The lowest BCUT2D eigenvalue weighted by molar-refractivity contribution is 0.420. The molecule has 0 saturated heterocycles. The number of rotatable bonds is 8. The first-order valence-electron chi connectivity index (χ1n) is 8.31. The van der Waals surface area contributed by atoms with Gasteiger partial charge in [-0.2, -0.15) is 0 Å². The van der Waals surface area contributed by atoms with E-state index in [0.717, 1.165) is 16.7 Å². The lowest BCUT2D eigenvalue weighted by atomic mass is 9.77. The maximum Gasteiger partial charge on any atom is 0.156 e. The summed E-state index contributed by atoms with van der Waals surface area (Å²) in [7, 11) is 0. The minimum Gasteiger partial charge on any atom is -0.330 e. The number of hydrogen-bond donors (Lipinski definition) is 4. The molecule has 0 aromatic heterocycles. The number of benzene rings is 2. The van der Waals surface area contributed by atoms with E-state index in [0.29, 0.717) is 19.4 Å². The van der Waals surface area contributed by atoms with E-state index in [1.807, 2.05) is 61.5 Å². The Morgan fingerprint density at radius 2 is 1.80 bits per heavy atom. The highest BCUT2D eigenvalue weighted by atomic mass is 32.2.